The first kappa shape index (κ1) is 23.6. The van der Waals surface area contributed by atoms with Crippen LogP contribution < -0.4 is 9.21 Å². The highest BCUT2D eigenvalue weighted by Gasteiger charge is 2.33. The molecule has 4 rings (SSSR count). The number of sulfonamides is 1. The molecule has 1 aromatic heterocycles. The number of carbonyl (C=O) groups excluding carboxylic acids is 1. The zero-order chi connectivity index (χ0) is 24.6. The second kappa shape index (κ2) is 8.99. The average molecular weight is 499 g/mol. The molecule has 0 saturated carbocycles. The zero-order valence-electron chi connectivity index (χ0n) is 18.5. The van der Waals surface area contributed by atoms with E-state index in [1.807, 2.05) is 6.92 Å². The Morgan fingerprint density at radius 1 is 1.32 bits per heavy atom. The van der Waals surface area contributed by atoms with Crippen LogP contribution in [0.2, 0.25) is 0 Å². The van der Waals surface area contributed by atoms with Gasteiger partial charge in [-0.3, -0.25) is 24.1 Å². The van der Waals surface area contributed by atoms with Gasteiger partial charge in [-0.05, 0) is 49.2 Å². The molecule has 9 nitrogen and oxygen atoms in total. The third kappa shape index (κ3) is 4.44. The summed E-state index contributed by atoms with van der Waals surface area (Å²) in [6.45, 7) is 5.81. The molecule has 1 amide bonds. The van der Waals surface area contributed by atoms with Gasteiger partial charge in [-0.1, -0.05) is 6.08 Å². The van der Waals surface area contributed by atoms with Crippen LogP contribution in [0.5, 0.6) is 0 Å². The molecule has 1 aliphatic heterocycles. The molecular formula is C23H22N4O5S2. The summed E-state index contributed by atoms with van der Waals surface area (Å²) < 4.78 is 25.7. The van der Waals surface area contributed by atoms with Gasteiger partial charge in [-0.15, -0.1) is 17.9 Å². The van der Waals surface area contributed by atoms with Gasteiger partial charge in [0.2, 0.25) is 10.0 Å². The highest BCUT2D eigenvalue weighted by atomic mass is 32.2. The Bertz CT molecular complexity index is 1380. The summed E-state index contributed by atoms with van der Waals surface area (Å²) in [4.78, 5) is 29.9. The summed E-state index contributed by atoms with van der Waals surface area (Å²) >= 11 is 1.28. The van der Waals surface area contributed by atoms with Crippen LogP contribution in [0.25, 0.3) is 11.3 Å². The molecule has 1 atom stereocenters. The predicted octanol–water partition coefficient (Wildman–Crippen LogP) is 4.26. The van der Waals surface area contributed by atoms with Gasteiger partial charge in [-0.2, -0.15) is 0 Å². The summed E-state index contributed by atoms with van der Waals surface area (Å²) in [5.74, 6) is -0.280. The number of benzene rings is 2. The number of nitro benzene ring substituents is 1. The normalized spacial score (nSPS) is 15.1. The van der Waals surface area contributed by atoms with E-state index in [-0.39, 0.29) is 24.2 Å². The third-order valence-electron chi connectivity index (χ3n) is 5.49. The molecule has 0 spiro atoms. The summed E-state index contributed by atoms with van der Waals surface area (Å²) in [7, 11) is -3.42. The lowest BCUT2D eigenvalue weighted by Crippen LogP contribution is -2.34. The van der Waals surface area contributed by atoms with Gasteiger partial charge in [0.1, 0.15) is 0 Å². The fourth-order valence-electron chi connectivity index (χ4n) is 4.05. The van der Waals surface area contributed by atoms with Gasteiger partial charge in [0.25, 0.3) is 11.6 Å². The number of thiazole rings is 1. The number of nitrogens with zero attached hydrogens (tertiary/aromatic N) is 4. The van der Waals surface area contributed by atoms with E-state index in [4.69, 9.17) is 0 Å². The first-order valence-electron chi connectivity index (χ1n) is 10.4. The minimum Gasteiger partial charge on any atom is -0.280 e. The molecule has 0 aliphatic carbocycles. The Kier molecular flexibility index (Phi) is 6.24. The number of hydrogen-bond acceptors (Lipinski definition) is 7. The van der Waals surface area contributed by atoms with Crippen molar-refractivity contribution in [1.29, 1.82) is 0 Å². The molecule has 0 saturated heterocycles. The van der Waals surface area contributed by atoms with Gasteiger partial charge < -0.3 is 0 Å². The van der Waals surface area contributed by atoms with Crippen LogP contribution in [0.15, 0.2) is 60.5 Å². The Hall–Kier alpha value is -3.57. The lowest BCUT2D eigenvalue weighted by molar-refractivity contribution is -0.384. The maximum Gasteiger partial charge on any atom is 0.269 e. The van der Waals surface area contributed by atoms with E-state index in [2.05, 4.69) is 11.6 Å². The second-order valence-electron chi connectivity index (χ2n) is 7.98. The van der Waals surface area contributed by atoms with E-state index in [0.29, 0.717) is 34.1 Å². The van der Waals surface area contributed by atoms with E-state index < -0.39 is 14.9 Å². The lowest BCUT2D eigenvalue weighted by Gasteiger charge is -2.22. The average Bonchev–Trinajstić information content (AvgIpc) is 3.40. The smallest absolute Gasteiger partial charge is 0.269 e. The monoisotopic (exact) mass is 498 g/mol. The Labute approximate surface area is 201 Å². The zero-order valence-corrected chi connectivity index (χ0v) is 20.2. The quantitative estimate of drug-likeness (QED) is 0.273. The minimum absolute atomic E-state index is 0.0111. The van der Waals surface area contributed by atoms with Crippen molar-refractivity contribution in [3.63, 3.8) is 0 Å². The Morgan fingerprint density at radius 2 is 2.03 bits per heavy atom. The van der Waals surface area contributed by atoms with Crippen molar-refractivity contribution in [2.24, 2.45) is 0 Å². The van der Waals surface area contributed by atoms with Gasteiger partial charge >= 0.3 is 0 Å². The van der Waals surface area contributed by atoms with Gasteiger partial charge in [0, 0.05) is 41.2 Å². The molecule has 176 valence electrons. The maximum absolute atomic E-state index is 13.4. The van der Waals surface area contributed by atoms with Gasteiger partial charge in [0.05, 0.1) is 22.6 Å². The number of fused-ring (bicyclic) bond motifs is 1. The number of non-ortho nitro benzene ring substituents is 1. The highest BCUT2D eigenvalue weighted by Crippen LogP contribution is 2.35. The first-order valence-corrected chi connectivity index (χ1v) is 13.1. The Morgan fingerprint density at radius 3 is 2.65 bits per heavy atom. The molecule has 2 aromatic carbocycles. The van der Waals surface area contributed by atoms with Gasteiger partial charge in [-0.25, -0.2) is 13.4 Å². The molecule has 0 N–H and O–H groups in total. The summed E-state index contributed by atoms with van der Waals surface area (Å²) in [6.07, 6.45) is 3.30. The first-order chi connectivity index (χ1) is 16.1. The fraction of sp³-hybridized carbons (Fsp3) is 0.217. The van der Waals surface area contributed by atoms with Crippen LogP contribution >= 0.6 is 11.3 Å². The number of hydrogen-bond donors (Lipinski definition) is 0. The summed E-state index contributed by atoms with van der Waals surface area (Å²) in [5.41, 5.74) is 3.11. The molecule has 0 radical (unpaired) electrons. The number of amides is 1. The van der Waals surface area contributed by atoms with Crippen LogP contribution in [0.1, 0.15) is 22.8 Å². The molecular weight excluding hydrogens is 476 g/mol. The maximum atomic E-state index is 13.4. The summed E-state index contributed by atoms with van der Waals surface area (Å²) in [6, 6.07) is 10.9. The van der Waals surface area contributed by atoms with E-state index in [0.717, 1.165) is 5.56 Å². The molecule has 0 fully saturated rings. The second-order valence-corrected chi connectivity index (χ2v) is 10.7. The molecule has 2 heterocycles. The van der Waals surface area contributed by atoms with Crippen molar-refractivity contribution in [3.8, 4) is 11.3 Å². The molecule has 0 bridgehead atoms. The SMILES string of the molecule is C=CCN(C(=O)c1ccc2c(c1)C[C@@H](C)N2S(C)(=O)=O)c1nc(-c2ccc([N+](=O)[O-])cc2)cs1. The minimum atomic E-state index is -3.42. The lowest BCUT2D eigenvalue weighted by atomic mass is 10.1. The topological polar surface area (TPSA) is 114 Å². The Balaban J connectivity index is 1.63. The number of aromatic nitrogens is 1. The number of carbonyl (C=O) groups is 1. The number of rotatable bonds is 7. The number of anilines is 2. The fourth-order valence-corrected chi connectivity index (χ4v) is 6.15. The molecule has 1 aliphatic rings. The van der Waals surface area contributed by atoms with Crippen LogP contribution in [0.3, 0.4) is 0 Å². The van der Waals surface area contributed by atoms with Crippen LogP contribution in [0.4, 0.5) is 16.5 Å². The van der Waals surface area contributed by atoms with Crippen molar-refractivity contribution in [3.05, 3.63) is 81.7 Å². The highest BCUT2D eigenvalue weighted by molar-refractivity contribution is 7.92. The third-order valence-corrected chi connectivity index (χ3v) is 7.63. The van der Waals surface area contributed by atoms with Crippen LogP contribution in [0, 0.1) is 10.1 Å². The van der Waals surface area contributed by atoms with Gasteiger partial charge in [0.15, 0.2) is 5.13 Å². The largest absolute Gasteiger partial charge is 0.280 e. The predicted molar refractivity (Wildman–Crippen MR) is 133 cm³/mol. The van der Waals surface area contributed by atoms with Crippen LogP contribution in [-0.4, -0.2) is 43.1 Å². The van der Waals surface area contributed by atoms with Crippen molar-refractivity contribution >= 4 is 43.8 Å². The van der Waals surface area contributed by atoms with E-state index in [1.165, 1.54) is 38.9 Å². The molecule has 34 heavy (non-hydrogen) atoms. The van der Waals surface area contributed by atoms with Crippen molar-refractivity contribution in [2.75, 3.05) is 22.0 Å². The molecule has 0 unspecified atom stereocenters. The molecule has 11 heteroatoms. The van der Waals surface area contributed by atoms with Crippen molar-refractivity contribution < 1.29 is 18.1 Å². The van der Waals surface area contributed by atoms with Crippen molar-refractivity contribution in [1.82, 2.24) is 4.98 Å². The van der Waals surface area contributed by atoms with E-state index in [1.54, 1.807) is 41.8 Å². The number of nitro groups is 1. The van der Waals surface area contributed by atoms with E-state index in [9.17, 15) is 23.3 Å². The molecule has 3 aromatic rings. The van der Waals surface area contributed by atoms with Crippen molar-refractivity contribution in [2.45, 2.75) is 19.4 Å². The van der Waals surface area contributed by atoms with E-state index >= 15 is 0 Å². The summed E-state index contributed by atoms with van der Waals surface area (Å²) in [5, 5.41) is 13.1. The van der Waals surface area contributed by atoms with Crippen LogP contribution in [-0.2, 0) is 16.4 Å². The standard InChI is InChI=1S/C23H22N4O5S2/c1-4-11-25(23-24-20(14-33-23)16-5-8-19(9-6-16)27(29)30)22(28)17-7-10-21-18(13-17)12-15(2)26(21)34(3,31)32/h4-10,13-15H,1,11-12H2,2-3H3/t15-/m1/s1.